The molecule has 1 saturated heterocycles. The molecule has 1 N–H and O–H groups in total. The highest BCUT2D eigenvalue weighted by Crippen LogP contribution is 2.26. The zero-order valence-electron chi connectivity index (χ0n) is 14.6. The number of carbonyl (C=O) groups is 2. The molecule has 0 atom stereocenters. The number of benzene rings is 1. The Morgan fingerprint density at radius 2 is 1.84 bits per heavy atom. The predicted octanol–water partition coefficient (Wildman–Crippen LogP) is 3.31. The van der Waals surface area contributed by atoms with E-state index in [9.17, 15) is 9.59 Å². The van der Waals surface area contributed by atoms with Crippen LogP contribution in [0.15, 0.2) is 41.8 Å². The maximum Gasteiger partial charge on any atom is 0.263 e. The van der Waals surface area contributed by atoms with E-state index in [1.165, 1.54) is 11.3 Å². The molecular formula is C19H23N3O2S. The SMILES string of the molecule is CN(C)c1ccccc1NC(=O)C1CCN(C(=O)c2cccs2)CC1. The second kappa shape index (κ2) is 7.70. The van der Waals surface area contributed by atoms with Crippen molar-refractivity contribution in [2.75, 3.05) is 37.4 Å². The highest BCUT2D eigenvalue weighted by Gasteiger charge is 2.28. The van der Waals surface area contributed by atoms with Gasteiger partial charge in [-0.2, -0.15) is 0 Å². The maximum atomic E-state index is 12.6. The van der Waals surface area contributed by atoms with Crippen LogP contribution in [-0.4, -0.2) is 43.9 Å². The molecule has 0 saturated carbocycles. The van der Waals surface area contributed by atoms with Gasteiger partial charge in [-0.05, 0) is 36.4 Å². The first kappa shape index (κ1) is 17.5. The summed E-state index contributed by atoms with van der Waals surface area (Å²) in [6.07, 6.45) is 1.40. The minimum absolute atomic E-state index is 0.0394. The molecule has 0 unspecified atom stereocenters. The zero-order valence-corrected chi connectivity index (χ0v) is 15.4. The molecule has 2 amide bonds. The number of carbonyl (C=O) groups excluding carboxylic acids is 2. The summed E-state index contributed by atoms with van der Waals surface area (Å²) >= 11 is 1.46. The molecule has 2 aromatic rings. The fourth-order valence-corrected chi connectivity index (χ4v) is 3.80. The normalized spacial score (nSPS) is 15.0. The number of rotatable bonds is 4. The lowest BCUT2D eigenvalue weighted by Crippen LogP contribution is -2.41. The second-order valence-corrected chi connectivity index (χ2v) is 7.39. The van der Waals surface area contributed by atoms with E-state index in [0.717, 1.165) is 16.3 Å². The number of hydrogen-bond donors (Lipinski definition) is 1. The van der Waals surface area contributed by atoms with Crippen LogP contribution in [0.1, 0.15) is 22.5 Å². The molecule has 0 aliphatic carbocycles. The van der Waals surface area contributed by atoms with Gasteiger partial charge < -0.3 is 15.1 Å². The van der Waals surface area contributed by atoms with Crippen LogP contribution in [-0.2, 0) is 4.79 Å². The molecule has 5 nitrogen and oxygen atoms in total. The molecule has 6 heteroatoms. The van der Waals surface area contributed by atoms with Crippen molar-refractivity contribution >= 4 is 34.5 Å². The quantitative estimate of drug-likeness (QED) is 0.913. The van der Waals surface area contributed by atoms with Crippen molar-refractivity contribution in [3.8, 4) is 0 Å². The Morgan fingerprint density at radius 3 is 2.48 bits per heavy atom. The van der Waals surface area contributed by atoms with E-state index >= 15 is 0 Å². The molecule has 1 aromatic heterocycles. The van der Waals surface area contributed by atoms with Crippen molar-refractivity contribution in [3.63, 3.8) is 0 Å². The van der Waals surface area contributed by atoms with Gasteiger partial charge in [-0.25, -0.2) is 0 Å². The predicted molar refractivity (Wildman–Crippen MR) is 102 cm³/mol. The van der Waals surface area contributed by atoms with Crippen molar-refractivity contribution in [2.45, 2.75) is 12.8 Å². The van der Waals surface area contributed by atoms with E-state index in [1.807, 2.05) is 65.7 Å². The van der Waals surface area contributed by atoms with Gasteiger partial charge >= 0.3 is 0 Å². The van der Waals surface area contributed by atoms with Crippen LogP contribution in [0, 0.1) is 5.92 Å². The van der Waals surface area contributed by atoms with Gasteiger partial charge in [0.1, 0.15) is 0 Å². The molecular weight excluding hydrogens is 334 g/mol. The molecule has 3 rings (SSSR count). The summed E-state index contributed by atoms with van der Waals surface area (Å²) in [5.41, 5.74) is 1.82. The highest BCUT2D eigenvalue weighted by atomic mass is 32.1. The first-order valence-electron chi connectivity index (χ1n) is 8.46. The van der Waals surface area contributed by atoms with E-state index < -0.39 is 0 Å². The molecule has 2 heterocycles. The van der Waals surface area contributed by atoms with Crippen LogP contribution < -0.4 is 10.2 Å². The van der Waals surface area contributed by atoms with Crippen LogP contribution in [0.25, 0.3) is 0 Å². The molecule has 0 radical (unpaired) electrons. The third kappa shape index (κ3) is 4.02. The average molecular weight is 357 g/mol. The van der Waals surface area contributed by atoms with E-state index in [2.05, 4.69) is 5.32 Å². The van der Waals surface area contributed by atoms with Crippen molar-refractivity contribution in [2.24, 2.45) is 5.92 Å². The van der Waals surface area contributed by atoms with Gasteiger partial charge in [-0.3, -0.25) is 9.59 Å². The summed E-state index contributed by atoms with van der Waals surface area (Å²) in [5.74, 6) is 0.0620. The second-order valence-electron chi connectivity index (χ2n) is 6.44. The van der Waals surface area contributed by atoms with Crippen LogP contribution in [0.2, 0.25) is 0 Å². The molecule has 25 heavy (non-hydrogen) atoms. The average Bonchev–Trinajstić information content (AvgIpc) is 3.16. The Bertz CT molecular complexity index is 735. The van der Waals surface area contributed by atoms with E-state index in [1.54, 1.807) is 0 Å². The van der Waals surface area contributed by atoms with Crippen molar-refractivity contribution in [1.82, 2.24) is 4.90 Å². The van der Waals surface area contributed by atoms with Crippen LogP contribution in [0.5, 0.6) is 0 Å². The molecule has 0 spiro atoms. The van der Waals surface area contributed by atoms with Gasteiger partial charge in [0.15, 0.2) is 0 Å². The van der Waals surface area contributed by atoms with E-state index in [0.29, 0.717) is 25.9 Å². The number of hydrogen-bond acceptors (Lipinski definition) is 4. The molecule has 132 valence electrons. The molecule has 1 aliphatic rings. The number of nitrogens with one attached hydrogen (secondary N) is 1. The van der Waals surface area contributed by atoms with Crippen LogP contribution in [0.3, 0.4) is 0 Å². The Kier molecular flexibility index (Phi) is 5.38. The lowest BCUT2D eigenvalue weighted by Gasteiger charge is -2.31. The fraction of sp³-hybridized carbons (Fsp3) is 0.368. The smallest absolute Gasteiger partial charge is 0.263 e. The summed E-state index contributed by atoms with van der Waals surface area (Å²) in [6.45, 7) is 1.26. The largest absolute Gasteiger partial charge is 0.376 e. The number of likely N-dealkylation sites (tertiary alicyclic amines) is 1. The topological polar surface area (TPSA) is 52.7 Å². The summed E-state index contributed by atoms with van der Waals surface area (Å²) < 4.78 is 0. The van der Waals surface area contributed by atoms with Crippen molar-refractivity contribution < 1.29 is 9.59 Å². The van der Waals surface area contributed by atoms with E-state index in [4.69, 9.17) is 0 Å². The summed E-state index contributed by atoms with van der Waals surface area (Å²) in [4.78, 5) is 29.6. The molecule has 1 aromatic carbocycles. The van der Waals surface area contributed by atoms with E-state index in [-0.39, 0.29) is 17.7 Å². The lowest BCUT2D eigenvalue weighted by atomic mass is 9.95. The Morgan fingerprint density at radius 1 is 1.12 bits per heavy atom. The minimum atomic E-state index is -0.0531. The number of anilines is 2. The number of amides is 2. The van der Waals surface area contributed by atoms with Gasteiger partial charge in [-0.15, -0.1) is 11.3 Å². The molecule has 1 fully saturated rings. The van der Waals surface area contributed by atoms with Crippen LogP contribution >= 0.6 is 11.3 Å². The van der Waals surface area contributed by atoms with Gasteiger partial charge in [-0.1, -0.05) is 18.2 Å². The summed E-state index contributed by atoms with van der Waals surface area (Å²) in [5, 5.41) is 4.96. The molecule has 1 aliphatic heterocycles. The van der Waals surface area contributed by atoms with Gasteiger partial charge in [0.25, 0.3) is 5.91 Å². The summed E-state index contributed by atoms with van der Waals surface area (Å²) in [7, 11) is 3.92. The standard InChI is InChI=1S/C19H23N3O2S/c1-21(2)16-7-4-3-6-15(16)20-18(23)14-9-11-22(12-10-14)19(24)17-8-5-13-25-17/h3-8,13-14H,9-12H2,1-2H3,(H,20,23). The zero-order chi connectivity index (χ0) is 17.8. The number of para-hydroxylation sites is 2. The first-order valence-corrected chi connectivity index (χ1v) is 9.34. The lowest BCUT2D eigenvalue weighted by molar-refractivity contribution is -0.121. The monoisotopic (exact) mass is 357 g/mol. The Hall–Kier alpha value is -2.34. The molecule has 0 bridgehead atoms. The highest BCUT2D eigenvalue weighted by molar-refractivity contribution is 7.12. The Labute approximate surface area is 152 Å². The van der Waals surface area contributed by atoms with Gasteiger partial charge in [0, 0.05) is 33.1 Å². The third-order valence-electron chi connectivity index (χ3n) is 4.53. The van der Waals surface area contributed by atoms with Crippen LogP contribution in [0.4, 0.5) is 11.4 Å². The minimum Gasteiger partial charge on any atom is -0.376 e. The first-order chi connectivity index (χ1) is 12.1. The fourth-order valence-electron chi connectivity index (χ4n) is 3.10. The van der Waals surface area contributed by atoms with Crippen molar-refractivity contribution in [3.05, 3.63) is 46.7 Å². The van der Waals surface area contributed by atoms with Gasteiger partial charge in [0.2, 0.25) is 5.91 Å². The Balaban J connectivity index is 1.58. The number of piperidine rings is 1. The maximum absolute atomic E-state index is 12.6. The summed E-state index contributed by atoms with van der Waals surface area (Å²) in [6, 6.07) is 11.5. The third-order valence-corrected chi connectivity index (χ3v) is 5.39. The number of thiophene rings is 1. The van der Waals surface area contributed by atoms with Crippen molar-refractivity contribution in [1.29, 1.82) is 0 Å². The number of nitrogens with zero attached hydrogens (tertiary/aromatic N) is 2. The van der Waals surface area contributed by atoms with Gasteiger partial charge in [0.05, 0.1) is 16.3 Å².